The fraction of sp³-hybridized carbons (Fsp3) is 0.952. The van der Waals surface area contributed by atoms with Gasteiger partial charge < -0.3 is 15.1 Å². The molecule has 1 unspecified atom stereocenters. The van der Waals surface area contributed by atoms with Crippen molar-refractivity contribution in [1.82, 2.24) is 20.0 Å². The van der Waals surface area contributed by atoms with E-state index in [2.05, 4.69) is 40.9 Å². The third-order valence-corrected chi connectivity index (χ3v) is 6.88. The van der Waals surface area contributed by atoms with Crippen molar-refractivity contribution in [3.8, 4) is 0 Å². The number of hydrogen-bond donors (Lipinski definition) is 1. The van der Waals surface area contributed by atoms with E-state index in [-0.39, 0.29) is 0 Å². The molecule has 5 nitrogen and oxygen atoms in total. The Kier molecular flexibility index (Phi) is 7.35. The molecular weight excluding hydrogens is 324 g/mol. The van der Waals surface area contributed by atoms with Crippen molar-refractivity contribution in [1.29, 1.82) is 0 Å². The van der Waals surface area contributed by atoms with Crippen LogP contribution in [0, 0.1) is 5.92 Å². The average Bonchev–Trinajstić information content (AvgIpc) is 2.63. The number of likely N-dealkylation sites (tertiary alicyclic amines) is 3. The number of carbonyl (C=O) groups is 1. The van der Waals surface area contributed by atoms with Crippen molar-refractivity contribution in [3.05, 3.63) is 0 Å². The zero-order chi connectivity index (χ0) is 18.5. The lowest BCUT2D eigenvalue weighted by atomic mass is 9.92. The highest BCUT2D eigenvalue weighted by Gasteiger charge is 2.29. The molecule has 3 heterocycles. The molecule has 3 rings (SSSR count). The molecule has 1 N–H and O–H groups in total. The second-order valence-electron chi connectivity index (χ2n) is 9.21. The maximum Gasteiger partial charge on any atom is 0.220 e. The highest BCUT2D eigenvalue weighted by atomic mass is 16.1. The van der Waals surface area contributed by atoms with Gasteiger partial charge in [0.2, 0.25) is 5.91 Å². The van der Waals surface area contributed by atoms with E-state index in [0.717, 1.165) is 38.5 Å². The Morgan fingerprint density at radius 3 is 2.35 bits per heavy atom. The summed E-state index contributed by atoms with van der Waals surface area (Å²) in [5.41, 5.74) is 0. The van der Waals surface area contributed by atoms with Gasteiger partial charge in [-0.1, -0.05) is 0 Å². The molecule has 0 spiro atoms. The summed E-state index contributed by atoms with van der Waals surface area (Å²) < 4.78 is 0. The van der Waals surface area contributed by atoms with Gasteiger partial charge in [-0.25, -0.2) is 0 Å². The monoisotopic (exact) mass is 364 g/mol. The Bertz CT molecular complexity index is 439. The van der Waals surface area contributed by atoms with E-state index in [1.54, 1.807) is 0 Å². The van der Waals surface area contributed by atoms with Gasteiger partial charge in [0.15, 0.2) is 0 Å². The van der Waals surface area contributed by atoms with Gasteiger partial charge in [0.05, 0.1) is 0 Å². The van der Waals surface area contributed by atoms with E-state index < -0.39 is 0 Å². The molecule has 5 heteroatoms. The van der Waals surface area contributed by atoms with E-state index >= 15 is 0 Å². The number of rotatable bonds is 5. The van der Waals surface area contributed by atoms with Crippen LogP contribution in [-0.2, 0) is 4.79 Å². The second-order valence-corrected chi connectivity index (χ2v) is 9.21. The highest BCUT2D eigenvalue weighted by molar-refractivity contribution is 5.76. The zero-order valence-corrected chi connectivity index (χ0v) is 17.3. The van der Waals surface area contributed by atoms with Crippen molar-refractivity contribution >= 4 is 5.91 Å². The van der Waals surface area contributed by atoms with E-state index in [9.17, 15) is 4.79 Å². The molecule has 0 aliphatic carbocycles. The standard InChI is InChI=1S/C21H40N4O/c1-17(2)24-13-6-18(7-14-24)15-21(26)22-19-5-4-10-25(16-19)20-8-11-23(3)12-9-20/h17-20H,4-16H2,1-3H3,(H,22,26). The molecule has 3 fully saturated rings. The Hall–Kier alpha value is -0.650. The number of carbonyl (C=O) groups excluding carboxylic acids is 1. The van der Waals surface area contributed by atoms with E-state index in [1.807, 2.05) is 0 Å². The third kappa shape index (κ3) is 5.67. The van der Waals surface area contributed by atoms with Gasteiger partial charge in [-0.3, -0.25) is 9.69 Å². The number of amides is 1. The predicted octanol–water partition coefficient (Wildman–Crippen LogP) is 2.17. The summed E-state index contributed by atoms with van der Waals surface area (Å²) in [6.45, 7) is 11.6. The van der Waals surface area contributed by atoms with Gasteiger partial charge in [-0.2, -0.15) is 0 Å². The van der Waals surface area contributed by atoms with Gasteiger partial charge in [-0.15, -0.1) is 0 Å². The highest BCUT2D eigenvalue weighted by Crippen LogP contribution is 2.23. The van der Waals surface area contributed by atoms with Crippen molar-refractivity contribution in [2.75, 3.05) is 46.3 Å². The van der Waals surface area contributed by atoms with Crippen LogP contribution in [0.25, 0.3) is 0 Å². The summed E-state index contributed by atoms with van der Waals surface area (Å²) in [6, 6.07) is 1.73. The third-order valence-electron chi connectivity index (χ3n) is 6.88. The first kappa shape index (κ1) is 20.1. The summed E-state index contributed by atoms with van der Waals surface area (Å²) in [7, 11) is 2.22. The maximum absolute atomic E-state index is 12.6. The smallest absolute Gasteiger partial charge is 0.220 e. The number of piperidine rings is 3. The fourth-order valence-electron chi connectivity index (χ4n) is 5.04. The zero-order valence-electron chi connectivity index (χ0n) is 17.3. The number of hydrogen-bond acceptors (Lipinski definition) is 4. The summed E-state index contributed by atoms with van der Waals surface area (Å²) in [6.07, 6.45) is 8.04. The van der Waals surface area contributed by atoms with Gasteiger partial charge >= 0.3 is 0 Å². The van der Waals surface area contributed by atoms with E-state index in [4.69, 9.17) is 0 Å². The van der Waals surface area contributed by atoms with E-state index in [1.165, 1.54) is 51.7 Å². The summed E-state index contributed by atoms with van der Waals surface area (Å²) >= 11 is 0. The van der Waals surface area contributed by atoms with Gasteiger partial charge in [0.1, 0.15) is 0 Å². The minimum atomic E-state index is 0.295. The largest absolute Gasteiger partial charge is 0.352 e. The lowest BCUT2D eigenvalue weighted by molar-refractivity contribution is -0.123. The molecule has 0 bridgehead atoms. The number of nitrogens with zero attached hydrogens (tertiary/aromatic N) is 3. The van der Waals surface area contributed by atoms with Crippen molar-refractivity contribution in [3.63, 3.8) is 0 Å². The summed E-state index contributed by atoms with van der Waals surface area (Å²) in [5, 5.41) is 3.37. The Morgan fingerprint density at radius 2 is 1.69 bits per heavy atom. The molecule has 0 aromatic heterocycles. The minimum absolute atomic E-state index is 0.295. The van der Waals surface area contributed by atoms with Crippen molar-refractivity contribution < 1.29 is 4.79 Å². The first-order valence-corrected chi connectivity index (χ1v) is 11.0. The lowest BCUT2D eigenvalue weighted by Gasteiger charge is -2.42. The van der Waals surface area contributed by atoms with Crippen LogP contribution < -0.4 is 5.32 Å². The topological polar surface area (TPSA) is 38.8 Å². The minimum Gasteiger partial charge on any atom is -0.352 e. The molecule has 150 valence electrons. The Balaban J connectivity index is 1.39. The average molecular weight is 365 g/mol. The maximum atomic E-state index is 12.6. The van der Waals surface area contributed by atoms with Crippen LogP contribution in [0.1, 0.15) is 58.8 Å². The molecule has 1 atom stereocenters. The van der Waals surface area contributed by atoms with Crippen LogP contribution in [0.2, 0.25) is 0 Å². The molecule has 3 aliphatic heterocycles. The lowest BCUT2D eigenvalue weighted by Crippen LogP contribution is -2.53. The Labute approximate surface area is 160 Å². The fourth-order valence-corrected chi connectivity index (χ4v) is 5.04. The molecule has 3 aliphatic rings. The SMILES string of the molecule is CC(C)N1CCC(CC(=O)NC2CCCN(C3CCN(C)CC3)C2)CC1. The van der Waals surface area contributed by atoms with Gasteiger partial charge in [0, 0.05) is 31.1 Å². The first-order valence-electron chi connectivity index (χ1n) is 11.0. The molecule has 1 amide bonds. The molecule has 0 radical (unpaired) electrons. The molecular formula is C21H40N4O. The molecule has 0 aromatic carbocycles. The van der Waals surface area contributed by atoms with Crippen molar-refractivity contribution in [2.45, 2.75) is 76.9 Å². The molecule has 3 saturated heterocycles. The van der Waals surface area contributed by atoms with Crippen LogP contribution in [-0.4, -0.2) is 85.0 Å². The second kappa shape index (κ2) is 9.52. The molecule has 0 aromatic rings. The van der Waals surface area contributed by atoms with Crippen LogP contribution in [0.15, 0.2) is 0 Å². The normalized spacial score (nSPS) is 28.5. The molecule has 0 saturated carbocycles. The van der Waals surface area contributed by atoms with E-state index in [0.29, 0.717) is 23.9 Å². The van der Waals surface area contributed by atoms with Crippen LogP contribution >= 0.6 is 0 Å². The van der Waals surface area contributed by atoms with Crippen molar-refractivity contribution in [2.24, 2.45) is 5.92 Å². The van der Waals surface area contributed by atoms with Crippen LogP contribution in [0.3, 0.4) is 0 Å². The van der Waals surface area contributed by atoms with Crippen LogP contribution in [0.4, 0.5) is 0 Å². The first-order chi connectivity index (χ1) is 12.5. The summed E-state index contributed by atoms with van der Waals surface area (Å²) in [5.74, 6) is 0.877. The molecule has 26 heavy (non-hydrogen) atoms. The summed E-state index contributed by atoms with van der Waals surface area (Å²) in [4.78, 5) is 20.2. The predicted molar refractivity (Wildman–Crippen MR) is 107 cm³/mol. The van der Waals surface area contributed by atoms with Gasteiger partial charge in [-0.05, 0) is 98.1 Å². The quantitative estimate of drug-likeness (QED) is 0.811. The number of nitrogens with one attached hydrogen (secondary N) is 1. The van der Waals surface area contributed by atoms with Crippen LogP contribution in [0.5, 0.6) is 0 Å². The Morgan fingerprint density at radius 1 is 1.00 bits per heavy atom. The van der Waals surface area contributed by atoms with Gasteiger partial charge in [0.25, 0.3) is 0 Å².